The van der Waals surface area contributed by atoms with Crippen LogP contribution < -0.4 is 5.32 Å². The monoisotopic (exact) mass is 362 g/mol. The fraction of sp³-hybridized carbons (Fsp3) is 0. The van der Waals surface area contributed by atoms with Crippen molar-refractivity contribution in [3.8, 4) is 0 Å². The van der Waals surface area contributed by atoms with Crippen LogP contribution in [0.15, 0.2) is 34.8 Å². The van der Waals surface area contributed by atoms with E-state index >= 15 is 0 Å². The van der Waals surface area contributed by atoms with E-state index in [9.17, 15) is 9.18 Å². The molecule has 0 bridgehead atoms. The second-order valence-electron chi connectivity index (χ2n) is 3.54. The van der Waals surface area contributed by atoms with Crippen molar-refractivity contribution in [1.82, 2.24) is 4.98 Å². The fourth-order valence-corrected chi connectivity index (χ4v) is 2.04. The molecule has 0 aliphatic carbocycles. The summed E-state index contributed by atoms with van der Waals surface area (Å²) < 4.78 is 13.7. The van der Waals surface area contributed by atoms with Crippen LogP contribution in [-0.4, -0.2) is 10.9 Å². The van der Waals surface area contributed by atoms with Gasteiger partial charge in [0, 0.05) is 4.47 Å². The van der Waals surface area contributed by atoms with E-state index in [2.05, 4.69) is 26.2 Å². The van der Waals surface area contributed by atoms with Crippen LogP contribution in [0.2, 0.25) is 10.2 Å². The first-order valence-electron chi connectivity index (χ1n) is 5.06. The van der Waals surface area contributed by atoms with Crippen molar-refractivity contribution in [1.29, 1.82) is 0 Å². The second kappa shape index (κ2) is 5.86. The summed E-state index contributed by atoms with van der Waals surface area (Å²) in [4.78, 5) is 15.8. The minimum absolute atomic E-state index is 0.0228. The molecule has 0 atom stereocenters. The number of pyridine rings is 1. The zero-order chi connectivity index (χ0) is 14.0. The Morgan fingerprint density at radius 1 is 1.26 bits per heavy atom. The van der Waals surface area contributed by atoms with Gasteiger partial charge >= 0.3 is 0 Å². The summed E-state index contributed by atoms with van der Waals surface area (Å²) in [5, 5.41) is 2.81. The van der Waals surface area contributed by atoms with Crippen LogP contribution in [0.5, 0.6) is 0 Å². The minimum Gasteiger partial charge on any atom is -0.319 e. The number of benzene rings is 1. The fourth-order valence-electron chi connectivity index (χ4n) is 1.35. The molecule has 1 aromatic carbocycles. The van der Waals surface area contributed by atoms with E-state index in [4.69, 9.17) is 23.2 Å². The van der Waals surface area contributed by atoms with Gasteiger partial charge in [0.2, 0.25) is 0 Å². The summed E-state index contributed by atoms with van der Waals surface area (Å²) in [6.07, 6.45) is 0. The molecule has 0 spiro atoms. The maximum Gasteiger partial charge on any atom is 0.275 e. The molecule has 3 nitrogen and oxygen atoms in total. The lowest BCUT2D eigenvalue weighted by Crippen LogP contribution is -2.15. The van der Waals surface area contributed by atoms with Crippen LogP contribution >= 0.6 is 39.1 Å². The van der Waals surface area contributed by atoms with Crippen molar-refractivity contribution in [3.63, 3.8) is 0 Å². The van der Waals surface area contributed by atoms with Gasteiger partial charge in [-0.15, -0.1) is 0 Å². The van der Waals surface area contributed by atoms with Crippen molar-refractivity contribution in [2.75, 3.05) is 5.32 Å². The highest BCUT2D eigenvalue weighted by atomic mass is 79.9. The van der Waals surface area contributed by atoms with Gasteiger partial charge in [-0.25, -0.2) is 9.37 Å². The lowest BCUT2D eigenvalue weighted by molar-refractivity contribution is 0.102. The van der Waals surface area contributed by atoms with Gasteiger partial charge in [0.25, 0.3) is 5.91 Å². The van der Waals surface area contributed by atoms with E-state index in [0.717, 1.165) is 0 Å². The van der Waals surface area contributed by atoms with Crippen LogP contribution in [0.3, 0.4) is 0 Å². The standard InChI is InChI=1S/C12H6BrCl2FN2O/c13-7-2-1-6(16)5-9(7)17-12(19)11-8(14)3-4-10(15)18-11/h1-5H,(H,17,19). The smallest absolute Gasteiger partial charge is 0.275 e. The Morgan fingerprint density at radius 2 is 2.00 bits per heavy atom. The molecule has 1 aromatic heterocycles. The van der Waals surface area contributed by atoms with Gasteiger partial charge in [-0.2, -0.15) is 0 Å². The Balaban J connectivity index is 2.30. The predicted octanol–water partition coefficient (Wildman–Crippen LogP) is 4.54. The maximum absolute atomic E-state index is 13.1. The van der Waals surface area contributed by atoms with E-state index in [-0.39, 0.29) is 21.6 Å². The molecule has 1 amide bonds. The number of nitrogens with one attached hydrogen (secondary N) is 1. The molecule has 2 aromatic rings. The largest absolute Gasteiger partial charge is 0.319 e. The SMILES string of the molecule is O=C(Nc1cc(F)ccc1Br)c1nc(Cl)ccc1Cl. The van der Waals surface area contributed by atoms with Gasteiger partial charge < -0.3 is 5.32 Å². The highest BCUT2D eigenvalue weighted by Gasteiger charge is 2.14. The van der Waals surface area contributed by atoms with Gasteiger partial charge in [-0.3, -0.25) is 4.79 Å². The van der Waals surface area contributed by atoms with Gasteiger partial charge in [-0.05, 0) is 46.3 Å². The summed E-state index contributed by atoms with van der Waals surface area (Å²) >= 11 is 14.8. The Kier molecular flexibility index (Phi) is 4.39. The first kappa shape index (κ1) is 14.2. The molecule has 98 valence electrons. The number of halogens is 4. The van der Waals surface area contributed by atoms with E-state index in [0.29, 0.717) is 4.47 Å². The van der Waals surface area contributed by atoms with E-state index in [1.165, 1.54) is 30.3 Å². The van der Waals surface area contributed by atoms with Gasteiger partial charge in [0.1, 0.15) is 16.7 Å². The van der Waals surface area contributed by atoms with Crippen LogP contribution in [0.25, 0.3) is 0 Å². The third-order valence-electron chi connectivity index (χ3n) is 2.20. The third kappa shape index (κ3) is 3.43. The molecule has 1 N–H and O–H groups in total. The third-order valence-corrected chi connectivity index (χ3v) is 3.41. The number of amides is 1. The molecule has 0 radical (unpaired) electrons. The average Bonchev–Trinajstić information content (AvgIpc) is 2.36. The Labute approximate surface area is 126 Å². The van der Waals surface area contributed by atoms with Gasteiger partial charge in [-0.1, -0.05) is 23.2 Å². The average molecular weight is 364 g/mol. The summed E-state index contributed by atoms with van der Waals surface area (Å²) in [6, 6.07) is 6.87. The number of carbonyl (C=O) groups is 1. The number of hydrogen-bond acceptors (Lipinski definition) is 2. The Bertz CT molecular complexity index is 652. The molecule has 7 heteroatoms. The topological polar surface area (TPSA) is 42.0 Å². The Morgan fingerprint density at radius 3 is 2.74 bits per heavy atom. The van der Waals surface area contributed by atoms with Gasteiger partial charge in [0.05, 0.1) is 10.7 Å². The number of aromatic nitrogens is 1. The van der Waals surface area contributed by atoms with Crippen LogP contribution in [0.4, 0.5) is 10.1 Å². The van der Waals surface area contributed by atoms with E-state index < -0.39 is 11.7 Å². The van der Waals surface area contributed by atoms with Crippen LogP contribution in [0.1, 0.15) is 10.5 Å². The molecule has 1 heterocycles. The first-order chi connectivity index (χ1) is 8.97. The molecule has 0 aliphatic heterocycles. The molecule has 2 rings (SSSR count). The quantitative estimate of drug-likeness (QED) is 0.795. The van der Waals surface area contributed by atoms with Crippen molar-refractivity contribution >= 4 is 50.7 Å². The van der Waals surface area contributed by atoms with Crippen LogP contribution in [-0.2, 0) is 0 Å². The zero-order valence-corrected chi connectivity index (χ0v) is 12.4. The summed E-state index contributed by atoms with van der Waals surface area (Å²) in [7, 11) is 0. The van der Waals surface area contributed by atoms with Gasteiger partial charge in [0.15, 0.2) is 0 Å². The number of anilines is 1. The summed E-state index contributed by atoms with van der Waals surface area (Å²) in [5.74, 6) is -1.04. The molecule has 0 saturated carbocycles. The van der Waals surface area contributed by atoms with E-state index in [1.54, 1.807) is 0 Å². The van der Waals surface area contributed by atoms with E-state index in [1.807, 2.05) is 0 Å². The minimum atomic E-state index is -0.571. The zero-order valence-electron chi connectivity index (χ0n) is 9.25. The number of rotatable bonds is 2. The highest BCUT2D eigenvalue weighted by Crippen LogP contribution is 2.25. The lowest BCUT2D eigenvalue weighted by Gasteiger charge is -2.08. The summed E-state index contributed by atoms with van der Waals surface area (Å²) in [5.41, 5.74) is 0.258. The molecule has 0 aliphatic rings. The number of hydrogen-bond donors (Lipinski definition) is 1. The number of nitrogens with zero attached hydrogens (tertiary/aromatic N) is 1. The van der Waals surface area contributed by atoms with Crippen molar-refractivity contribution in [2.24, 2.45) is 0 Å². The second-order valence-corrected chi connectivity index (χ2v) is 5.19. The number of carbonyl (C=O) groups excluding carboxylic acids is 1. The van der Waals surface area contributed by atoms with Crippen molar-refractivity contribution < 1.29 is 9.18 Å². The predicted molar refractivity (Wildman–Crippen MR) is 76.3 cm³/mol. The maximum atomic E-state index is 13.1. The molecular weight excluding hydrogens is 358 g/mol. The molecule has 0 fully saturated rings. The van der Waals surface area contributed by atoms with Crippen LogP contribution in [0, 0.1) is 5.82 Å². The molecule has 0 saturated heterocycles. The normalized spacial score (nSPS) is 10.3. The molecular formula is C12H6BrCl2FN2O. The first-order valence-corrected chi connectivity index (χ1v) is 6.60. The summed E-state index contributed by atoms with van der Waals surface area (Å²) in [6.45, 7) is 0. The molecule has 19 heavy (non-hydrogen) atoms. The highest BCUT2D eigenvalue weighted by molar-refractivity contribution is 9.10. The molecule has 0 unspecified atom stereocenters. The van der Waals surface area contributed by atoms with Crippen molar-refractivity contribution in [3.05, 3.63) is 56.5 Å². The lowest BCUT2D eigenvalue weighted by atomic mass is 10.3. The van der Waals surface area contributed by atoms with Crippen molar-refractivity contribution in [2.45, 2.75) is 0 Å². The Hall–Kier alpha value is -1.17.